The summed E-state index contributed by atoms with van der Waals surface area (Å²) in [5.41, 5.74) is 6.72. The van der Waals surface area contributed by atoms with Gasteiger partial charge in [0.1, 0.15) is 5.60 Å². The van der Waals surface area contributed by atoms with E-state index >= 15 is 0 Å². The van der Waals surface area contributed by atoms with Crippen LogP contribution in [0.2, 0.25) is 0 Å². The molecule has 0 spiro atoms. The van der Waals surface area contributed by atoms with E-state index in [1.54, 1.807) is 11.0 Å². The number of allylic oxidation sites excluding steroid dienone is 3. The average Bonchev–Trinajstić information content (AvgIpc) is 2.43. The molecule has 0 bridgehead atoms. The van der Waals surface area contributed by atoms with Gasteiger partial charge in [0.05, 0.1) is 0 Å². The number of rotatable bonds is 3. The highest BCUT2D eigenvalue weighted by Gasteiger charge is 2.35. The number of carbonyl (C=O) groups is 1. The van der Waals surface area contributed by atoms with Gasteiger partial charge in [-0.25, -0.2) is 4.79 Å². The highest BCUT2D eigenvalue weighted by Crippen LogP contribution is 2.30. The van der Waals surface area contributed by atoms with Crippen molar-refractivity contribution in [3.8, 4) is 0 Å². The minimum atomic E-state index is -0.472. The van der Waals surface area contributed by atoms with E-state index in [4.69, 9.17) is 10.5 Å². The van der Waals surface area contributed by atoms with Crippen LogP contribution in [0, 0.1) is 0 Å². The maximum Gasteiger partial charge on any atom is 0.410 e. The summed E-state index contributed by atoms with van der Waals surface area (Å²) in [6.07, 6.45) is 6.91. The van der Waals surface area contributed by atoms with Gasteiger partial charge in [0.2, 0.25) is 0 Å². The summed E-state index contributed by atoms with van der Waals surface area (Å²) >= 11 is 3.44. The molecule has 0 radical (unpaired) electrons. The van der Waals surface area contributed by atoms with Crippen LogP contribution in [0.5, 0.6) is 0 Å². The first kappa shape index (κ1) is 19.0. The number of amides is 1. The lowest BCUT2D eigenvalue weighted by Crippen LogP contribution is -2.53. The molecule has 1 heterocycles. The monoisotopic (exact) mass is 370 g/mol. The third-order valence-corrected chi connectivity index (χ3v) is 4.23. The molecule has 1 fully saturated rings. The van der Waals surface area contributed by atoms with E-state index in [9.17, 15) is 4.79 Å². The van der Waals surface area contributed by atoms with E-state index in [2.05, 4.69) is 22.5 Å². The molecular weight excluding hydrogens is 344 g/mol. The van der Waals surface area contributed by atoms with E-state index in [1.807, 2.05) is 39.8 Å². The minimum absolute atomic E-state index is 0.264. The third-order valence-electron chi connectivity index (χ3n) is 3.68. The first-order valence-electron chi connectivity index (χ1n) is 7.54. The number of piperidine rings is 1. The fraction of sp³-hybridized carbons (Fsp3) is 0.588. The molecule has 0 saturated carbocycles. The van der Waals surface area contributed by atoms with Crippen LogP contribution in [0.1, 0.15) is 40.5 Å². The van der Waals surface area contributed by atoms with Gasteiger partial charge in [-0.1, -0.05) is 34.7 Å². The van der Waals surface area contributed by atoms with Gasteiger partial charge < -0.3 is 15.4 Å². The molecule has 0 aromatic carbocycles. The van der Waals surface area contributed by atoms with Gasteiger partial charge in [-0.3, -0.25) is 0 Å². The average molecular weight is 371 g/mol. The number of nitrogens with zero attached hydrogens (tertiary/aromatic N) is 1. The minimum Gasteiger partial charge on any atom is -0.444 e. The standard InChI is InChI=1S/C17H27BrN2O2/c1-6-13(12-14(18)7-2)17(19)8-10-20(11-9-17)15(21)22-16(3,4)5/h6-7,12H,2,8-11,19H2,1,3-5H3/b13-6+,14-12+. The van der Waals surface area contributed by atoms with Crippen LogP contribution in [-0.2, 0) is 4.74 Å². The first-order valence-corrected chi connectivity index (χ1v) is 8.34. The van der Waals surface area contributed by atoms with Crippen molar-refractivity contribution in [1.82, 2.24) is 4.90 Å². The highest BCUT2D eigenvalue weighted by atomic mass is 79.9. The van der Waals surface area contributed by atoms with Crippen molar-refractivity contribution in [2.75, 3.05) is 13.1 Å². The molecule has 0 aromatic heterocycles. The van der Waals surface area contributed by atoms with Crippen molar-refractivity contribution in [3.63, 3.8) is 0 Å². The molecule has 1 aliphatic heterocycles. The van der Waals surface area contributed by atoms with E-state index < -0.39 is 11.1 Å². The lowest BCUT2D eigenvalue weighted by molar-refractivity contribution is 0.0184. The maximum atomic E-state index is 12.1. The number of carbonyl (C=O) groups excluding carboxylic acids is 1. The van der Waals surface area contributed by atoms with Crippen LogP contribution in [0.3, 0.4) is 0 Å². The van der Waals surface area contributed by atoms with Gasteiger partial charge in [0.15, 0.2) is 0 Å². The zero-order valence-electron chi connectivity index (χ0n) is 14.0. The predicted molar refractivity (Wildman–Crippen MR) is 94.9 cm³/mol. The predicted octanol–water partition coefficient (Wildman–Crippen LogP) is 4.13. The summed E-state index contributed by atoms with van der Waals surface area (Å²) in [4.78, 5) is 13.8. The van der Waals surface area contributed by atoms with Gasteiger partial charge in [-0.15, -0.1) is 0 Å². The summed E-state index contributed by atoms with van der Waals surface area (Å²) in [5.74, 6) is 0. The smallest absolute Gasteiger partial charge is 0.410 e. The molecule has 0 unspecified atom stereocenters. The molecule has 1 aliphatic rings. The number of halogens is 1. The number of nitrogens with two attached hydrogens (primary N) is 1. The van der Waals surface area contributed by atoms with E-state index in [0.29, 0.717) is 25.9 Å². The molecule has 124 valence electrons. The molecule has 2 N–H and O–H groups in total. The zero-order valence-corrected chi connectivity index (χ0v) is 15.6. The number of hydrogen-bond acceptors (Lipinski definition) is 3. The summed E-state index contributed by atoms with van der Waals surface area (Å²) in [6, 6.07) is 0. The molecule has 1 rings (SSSR count). The highest BCUT2D eigenvalue weighted by molar-refractivity contribution is 9.11. The Morgan fingerprint density at radius 3 is 2.32 bits per heavy atom. The van der Waals surface area contributed by atoms with Crippen molar-refractivity contribution >= 4 is 22.0 Å². The van der Waals surface area contributed by atoms with Gasteiger partial charge in [-0.2, -0.15) is 0 Å². The molecule has 0 atom stereocenters. The second-order valence-corrected chi connectivity index (χ2v) is 7.52. The lowest BCUT2D eigenvalue weighted by Gasteiger charge is -2.40. The Bertz CT molecular complexity index is 481. The molecule has 5 heteroatoms. The lowest BCUT2D eigenvalue weighted by atomic mass is 9.81. The summed E-state index contributed by atoms with van der Waals surface area (Å²) in [6.45, 7) is 12.5. The van der Waals surface area contributed by atoms with Crippen molar-refractivity contribution in [2.45, 2.75) is 51.7 Å². The topological polar surface area (TPSA) is 55.6 Å². The SMILES string of the molecule is C=C/C(Br)=C\C(=C/C)C1(N)CCN(C(=O)OC(C)(C)C)CC1. The van der Waals surface area contributed by atoms with Crippen molar-refractivity contribution < 1.29 is 9.53 Å². The third kappa shape index (κ3) is 5.29. The van der Waals surface area contributed by atoms with Crippen LogP contribution in [0.4, 0.5) is 4.79 Å². The largest absolute Gasteiger partial charge is 0.444 e. The molecule has 4 nitrogen and oxygen atoms in total. The fourth-order valence-electron chi connectivity index (χ4n) is 2.43. The second-order valence-electron chi connectivity index (χ2n) is 6.60. The Morgan fingerprint density at radius 2 is 1.91 bits per heavy atom. The second kappa shape index (κ2) is 7.47. The van der Waals surface area contributed by atoms with Crippen LogP contribution in [-0.4, -0.2) is 35.2 Å². The number of ether oxygens (including phenoxy) is 1. The molecule has 0 aromatic rings. The Hall–Kier alpha value is -1.07. The van der Waals surface area contributed by atoms with Crippen molar-refractivity contribution in [2.24, 2.45) is 5.73 Å². The van der Waals surface area contributed by atoms with Gasteiger partial charge in [0, 0.05) is 23.1 Å². The summed E-state index contributed by atoms with van der Waals surface area (Å²) in [7, 11) is 0. The Labute approximate surface area is 142 Å². The van der Waals surface area contributed by atoms with Crippen LogP contribution in [0.15, 0.2) is 34.9 Å². The van der Waals surface area contributed by atoms with Crippen molar-refractivity contribution in [1.29, 1.82) is 0 Å². The molecule has 1 saturated heterocycles. The molecule has 0 aliphatic carbocycles. The van der Waals surface area contributed by atoms with E-state index in [0.717, 1.165) is 10.1 Å². The molecule has 22 heavy (non-hydrogen) atoms. The molecular formula is C17H27BrN2O2. The zero-order chi connectivity index (χ0) is 17.0. The Balaban J connectivity index is 2.74. The van der Waals surface area contributed by atoms with Gasteiger partial charge in [-0.05, 0) is 52.2 Å². The van der Waals surface area contributed by atoms with Crippen LogP contribution in [0.25, 0.3) is 0 Å². The van der Waals surface area contributed by atoms with Gasteiger partial charge in [0.25, 0.3) is 0 Å². The Morgan fingerprint density at radius 1 is 1.36 bits per heavy atom. The normalized spacial score (nSPS) is 19.8. The number of hydrogen-bond donors (Lipinski definition) is 1. The Kier molecular flexibility index (Phi) is 6.44. The summed E-state index contributed by atoms with van der Waals surface area (Å²) in [5, 5.41) is 0. The number of likely N-dealkylation sites (tertiary alicyclic amines) is 1. The fourth-order valence-corrected chi connectivity index (χ4v) is 2.67. The van der Waals surface area contributed by atoms with Crippen molar-refractivity contribution in [3.05, 3.63) is 34.9 Å². The van der Waals surface area contributed by atoms with E-state index in [-0.39, 0.29) is 6.09 Å². The summed E-state index contributed by atoms with van der Waals surface area (Å²) < 4.78 is 6.32. The van der Waals surface area contributed by atoms with Crippen LogP contribution >= 0.6 is 15.9 Å². The van der Waals surface area contributed by atoms with Gasteiger partial charge >= 0.3 is 6.09 Å². The molecule has 1 amide bonds. The maximum absolute atomic E-state index is 12.1. The first-order chi connectivity index (χ1) is 10.1. The van der Waals surface area contributed by atoms with E-state index in [1.165, 1.54) is 0 Å². The van der Waals surface area contributed by atoms with Crippen LogP contribution < -0.4 is 5.73 Å². The quantitative estimate of drug-likeness (QED) is 0.759.